The van der Waals surface area contributed by atoms with Gasteiger partial charge in [0, 0.05) is 18.7 Å². The number of benzene rings is 1. The van der Waals surface area contributed by atoms with Gasteiger partial charge < -0.3 is 5.32 Å². The molecule has 0 bridgehead atoms. The lowest BCUT2D eigenvalue weighted by atomic mass is 10.2. The first-order valence-electron chi connectivity index (χ1n) is 5.69. The van der Waals surface area contributed by atoms with Gasteiger partial charge in [0.1, 0.15) is 13.0 Å². The molecule has 0 saturated heterocycles. The summed E-state index contributed by atoms with van der Waals surface area (Å²) in [5, 5.41) is 4.81. The standard InChI is InChI=1S/C12H16N4O/c17-12(11-5-2-1-3-6-11)14-7-4-8-16-10-13-9-15-16/h1-3,5-6,10,15H,4,7-9H2,(H,14,17). The van der Waals surface area contributed by atoms with Crippen molar-refractivity contribution in [2.75, 3.05) is 19.8 Å². The minimum atomic E-state index is -0.0198. The summed E-state index contributed by atoms with van der Waals surface area (Å²) in [6.07, 6.45) is 2.66. The predicted molar refractivity (Wildman–Crippen MR) is 66.6 cm³/mol. The third-order valence-electron chi connectivity index (χ3n) is 2.48. The van der Waals surface area contributed by atoms with Gasteiger partial charge in [0.2, 0.25) is 0 Å². The summed E-state index contributed by atoms with van der Waals surface area (Å²) in [7, 11) is 0. The van der Waals surface area contributed by atoms with Gasteiger partial charge in [-0.25, -0.2) is 5.43 Å². The molecule has 1 aliphatic rings. The zero-order valence-electron chi connectivity index (χ0n) is 9.60. The molecule has 1 aromatic carbocycles. The number of aliphatic imine (C=N–C) groups is 1. The van der Waals surface area contributed by atoms with Crippen LogP contribution in [0.4, 0.5) is 0 Å². The smallest absolute Gasteiger partial charge is 0.251 e. The summed E-state index contributed by atoms with van der Waals surface area (Å²) < 4.78 is 0. The zero-order chi connectivity index (χ0) is 11.9. The van der Waals surface area contributed by atoms with E-state index in [1.54, 1.807) is 6.34 Å². The van der Waals surface area contributed by atoms with Gasteiger partial charge in [0.25, 0.3) is 5.91 Å². The summed E-state index contributed by atoms with van der Waals surface area (Å²) in [6.45, 7) is 2.16. The monoisotopic (exact) mass is 232 g/mol. The molecule has 5 nitrogen and oxygen atoms in total. The fourth-order valence-corrected chi connectivity index (χ4v) is 1.59. The number of amides is 1. The molecule has 0 unspecified atom stereocenters. The van der Waals surface area contributed by atoms with Gasteiger partial charge in [-0.3, -0.25) is 14.8 Å². The van der Waals surface area contributed by atoms with Gasteiger partial charge in [-0.15, -0.1) is 0 Å². The SMILES string of the molecule is O=C(NCCCN1C=NCN1)c1ccccc1. The summed E-state index contributed by atoms with van der Waals surface area (Å²) in [5.74, 6) is -0.0198. The van der Waals surface area contributed by atoms with Gasteiger partial charge in [-0.05, 0) is 18.6 Å². The van der Waals surface area contributed by atoms with Crippen LogP contribution in [0.1, 0.15) is 16.8 Å². The van der Waals surface area contributed by atoms with Crippen LogP contribution in [0.25, 0.3) is 0 Å². The van der Waals surface area contributed by atoms with E-state index in [0.29, 0.717) is 18.8 Å². The van der Waals surface area contributed by atoms with Crippen LogP contribution >= 0.6 is 0 Å². The maximum Gasteiger partial charge on any atom is 0.251 e. The van der Waals surface area contributed by atoms with E-state index in [2.05, 4.69) is 15.7 Å². The minimum absolute atomic E-state index is 0.0198. The summed E-state index contributed by atoms with van der Waals surface area (Å²) in [6, 6.07) is 9.24. The Morgan fingerprint density at radius 2 is 2.24 bits per heavy atom. The number of nitrogens with one attached hydrogen (secondary N) is 2. The number of nitrogens with zero attached hydrogens (tertiary/aromatic N) is 2. The van der Waals surface area contributed by atoms with E-state index < -0.39 is 0 Å². The Morgan fingerprint density at radius 3 is 2.94 bits per heavy atom. The molecule has 0 aliphatic carbocycles. The van der Waals surface area contributed by atoms with E-state index in [-0.39, 0.29) is 5.91 Å². The van der Waals surface area contributed by atoms with Crippen LogP contribution in [0.2, 0.25) is 0 Å². The fourth-order valence-electron chi connectivity index (χ4n) is 1.59. The average Bonchev–Trinajstić information content (AvgIpc) is 2.88. The molecule has 90 valence electrons. The first kappa shape index (κ1) is 11.6. The molecule has 1 aliphatic heterocycles. The molecule has 17 heavy (non-hydrogen) atoms. The van der Waals surface area contributed by atoms with E-state index >= 15 is 0 Å². The van der Waals surface area contributed by atoms with Gasteiger partial charge >= 0.3 is 0 Å². The highest BCUT2D eigenvalue weighted by Gasteiger charge is 2.05. The van der Waals surface area contributed by atoms with Crippen LogP contribution in [-0.2, 0) is 0 Å². The average molecular weight is 232 g/mol. The highest BCUT2D eigenvalue weighted by molar-refractivity contribution is 5.94. The summed E-state index contributed by atoms with van der Waals surface area (Å²) >= 11 is 0. The second-order valence-electron chi connectivity index (χ2n) is 3.78. The third kappa shape index (κ3) is 3.57. The molecule has 2 N–H and O–H groups in total. The summed E-state index contributed by atoms with van der Waals surface area (Å²) in [4.78, 5) is 15.7. The Hall–Kier alpha value is -1.88. The largest absolute Gasteiger partial charge is 0.352 e. The van der Waals surface area contributed by atoms with Crippen molar-refractivity contribution in [2.45, 2.75) is 6.42 Å². The molecule has 0 atom stereocenters. The number of hydrogen-bond acceptors (Lipinski definition) is 4. The Morgan fingerprint density at radius 1 is 1.41 bits per heavy atom. The van der Waals surface area contributed by atoms with Crippen LogP contribution < -0.4 is 10.7 Å². The molecule has 1 amide bonds. The number of hydrogen-bond donors (Lipinski definition) is 2. The van der Waals surface area contributed by atoms with Crippen LogP contribution in [0.15, 0.2) is 35.3 Å². The lowest BCUT2D eigenvalue weighted by molar-refractivity contribution is 0.0952. The fraction of sp³-hybridized carbons (Fsp3) is 0.333. The molecule has 1 heterocycles. The molecule has 0 fully saturated rings. The van der Waals surface area contributed by atoms with E-state index in [9.17, 15) is 4.79 Å². The second kappa shape index (κ2) is 6.00. The van der Waals surface area contributed by atoms with E-state index in [0.717, 1.165) is 13.0 Å². The van der Waals surface area contributed by atoms with Crippen molar-refractivity contribution >= 4 is 12.2 Å². The quantitative estimate of drug-likeness (QED) is 0.731. The van der Waals surface area contributed by atoms with Gasteiger partial charge in [0.15, 0.2) is 0 Å². The van der Waals surface area contributed by atoms with Crippen molar-refractivity contribution < 1.29 is 4.79 Å². The Bertz CT molecular complexity index is 391. The second-order valence-corrected chi connectivity index (χ2v) is 3.78. The van der Waals surface area contributed by atoms with Crippen LogP contribution in [0.3, 0.4) is 0 Å². The van der Waals surface area contributed by atoms with E-state index in [1.165, 1.54) is 0 Å². The molecule has 2 rings (SSSR count). The normalized spacial score (nSPS) is 14.0. The van der Waals surface area contributed by atoms with Crippen LogP contribution in [-0.4, -0.2) is 37.0 Å². The lowest BCUT2D eigenvalue weighted by Crippen LogP contribution is -2.34. The number of carbonyl (C=O) groups is 1. The molecular formula is C12H16N4O. The molecule has 0 spiro atoms. The predicted octanol–water partition coefficient (Wildman–Crippen LogP) is 0.613. The van der Waals surface area contributed by atoms with Crippen LogP contribution in [0.5, 0.6) is 0 Å². The van der Waals surface area contributed by atoms with Crippen molar-refractivity contribution in [3.05, 3.63) is 35.9 Å². The Kier molecular flexibility index (Phi) is 4.10. The highest BCUT2D eigenvalue weighted by Crippen LogP contribution is 1.97. The van der Waals surface area contributed by atoms with Gasteiger partial charge in [-0.1, -0.05) is 18.2 Å². The Balaban J connectivity index is 1.65. The first-order valence-corrected chi connectivity index (χ1v) is 5.69. The lowest BCUT2D eigenvalue weighted by Gasteiger charge is -2.13. The molecule has 5 heteroatoms. The maximum atomic E-state index is 11.7. The van der Waals surface area contributed by atoms with E-state index in [4.69, 9.17) is 0 Å². The molecule has 0 saturated carbocycles. The summed E-state index contributed by atoms with van der Waals surface area (Å²) in [5.41, 5.74) is 3.78. The zero-order valence-corrected chi connectivity index (χ0v) is 9.60. The first-order chi connectivity index (χ1) is 8.36. The third-order valence-corrected chi connectivity index (χ3v) is 2.48. The molecule has 0 radical (unpaired) electrons. The Labute approximate surface area is 101 Å². The topological polar surface area (TPSA) is 56.7 Å². The van der Waals surface area contributed by atoms with Crippen molar-refractivity contribution in [2.24, 2.45) is 4.99 Å². The molecule has 0 aromatic heterocycles. The number of rotatable bonds is 5. The minimum Gasteiger partial charge on any atom is -0.352 e. The van der Waals surface area contributed by atoms with Gasteiger partial charge in [0.05, 0.1) is 0 Å². The van der Waals surface area contributed by atoms with Crippen molar-refractivity contribution in [1.29, 1.82) is 0 Å². The maximum absolute atomic E-state index is 11.7. The highest BCUT2D eigenvalue weighted by atomic mass is 16.1. The van der Waals surface area contributed by atoms with Crippen molar-refractivity contribution in [3.8, 4) is 0 Å². The van der Waals surface area contributed by atoms with Crippen molar-refractivity contribution in [3.63, 3.8) is 0 Å². The molecular weight excluding hydrogens is 216 g/mol. The molecule has 1 aromatic rings. The van der Waals surface area contributed by atoms with Gasteiger partial charge in [-0.2, -0.15) is 0 Å². The number of hydrazine groups is 1. The number of carbonyl (C=O) groups excluding carboxylic acids is 1. The van der Waals surface area contributed by atoms with Crippen molar-refractivity contribution in [1.82, 2.24) is 15.8 Å². The van der Waals surface area contributed by atoms with Crippen LogP contribution in [0, 0.1) is 0 Å². The van der Waals surface area contributed by atoms with E-state index in [1.807, 2.05) is 35.3 Å².